The molecule has 1 aliphatic heterocycles. The van der Waals surface area contributed by atoms with Crippen molar-refractivity contribution < 1.29 is 0 Å². The van der Waals surface area contributed by atoms with Crippen LogP contribution in [0.4, 0.5) is 17.8 Å². The molecule has 1 fully saturated rings. The summed E-state index contributed by atoms with van der Waals surface area (Å²) in [6, 6.07) is 0.271. The molecule has 1 aromatic rings. The standard InChI is InChI=1S/C11H21N7/c1-8(2)13-9-14-10(17-12)16-11(15-9)18-6-4-3-5-7-18/h8H,3-7,12H2,1-2H3,(H2,13,14,15,16,17). The summed E-state index contributed by atoms with van der Waals surface area (Å²) in [5.74, 6) is 7.05. The molecule has 0 saturated carbocycles. The van der Waals surface area contributed by atoms with E-state index in [1.807, 2.05) is 13.8 Å². The molecular formula is C11H21N7. The topological polar surface area (TPSA) is 92.0 Å². The molecule has 0 atom stereocenters. The summed E-state index contributed by atoms with van der Waals surface area (Å²) in [6.07, 6.45) is 3.65. The molecule has 0 bridgehead atoms. The zero-order valence-corrected chi connectivity index (χ0v) is 11.0. The Bertz CT molecular complexity index is 387. The Labute approximate surface area is 107 Å². The average Bonchev–Trinajstić information content (AvgIpc) is 2.38. The lowest BCUT2D eigenvalue weighted by atomic mass is 10.1. The van der Waals surface area contributed by atoms with Crippen LogP contribution in [-0.4, -0.2) is 34.1 Å². The van der Waals surface area contributed by atoms with Gasteiger partial charge in [0.15, 0.2) is 0 Å². The summed E-state index contributed by atoms with van der Waals surface area (Å²) in [7, 11) is 0. The maximum absolute atomic E-state index is 5.40. The highest BCUT2D eigenvalue weighted by molar-refractivity contribution is 5.43. The van der Waals surface area contributed by atoms with E-state index < -0.39 is 0 Å². The van der Waals surface area contributed by atoms with Crippen LogP contribution < -0.4 is 21.5 Å². The third-order valence-corrected chi connectivity index (χ3v) is 2.81. The van der Waals surface area contributed by atoms with E-state index in [2.05, 4.69) is 30.6 Å². The summed E-state index contributed by atoms with van der Waals surface area (Å²) >= 11 is 0. The van der Waals surface area contributed by atoms with Gasteiger partial charge in [-0.15, -0.1) is 0 Å². The van der Waals surface area contributed by atoms with Gasteiger partial charge >= 0.3 is 0 Å². The molecule has 100 valence electrons. The van der Waals surface area contributed by atoms with Crippen molar-refractivity contribution in [2.75, 3.05) is 28.7 Å². The SMILES string of the molecule is CC(C)Nc1nc(NN)nc(N2CCCCC2)n1. The molecule has 4 N–H and O–H groups in total. The van der Waals surface area contributed by atoms with Crippen molar-refractivity contribution in [3.63, 3.8) is 0 Å². The van der Waals surface area contributed by atoms with E-state index in [0.29, 0.717) is 17.8 Å². The van der Waals surface area contributed by atoms with Crippen LogP contribution in [-0.2, 0) is 0 Å². The second kappa shape index (κ2) is 5.81. The van der Waals surface area contributed by atoms with Crippen LogP contribution in [0.2, 0.25) is 0 Å². The zero-order chi connectivity index (χ0) is 13.0. The molecule has 0 amide bonds. The molecule has 1 aliphatic rings. The maximum atomic E-state index is 5.40. The van der Waals surface area contributed by atoms with E-state index >= 15 is 0 Å². The third kappa shape index (κ3) is 3.19. The normalized spacial score (nSPS) is 15.9. The van der Waals surface area contributed by atoms with E-state index in [-0.39, 0.29) is 6.04 Å². The smallest absolute Gasteiger partial charge is 0.243 e. The number of hydrogen-bond acceptors (Lipinski definition) is 7. The van der Waals surface area contributed by atoms with Crippen LogP contribution >= 0.6 is 0 Å². The number of rotatable bonds is 4. The van der Waals surface area contributed by atoms with Crippen molar-refractivity contribution in [2.24, 2.45) is 5.84 Å². The largest absolute Gasteiger partial charge is 0.352 e. The minimum Gasteiger partial charge on any atom is -0.352 e. The molecule has 1 saturated heterocycles. The lowest BCUT2D eigenvalue weighted by molar-refractivity contribution is 0.567. The fourth-order valence-electron chi connectivity index (χ4n) is 1.99. The second-order valence-electron chi connectivity index (χ2n) is 4.77. The number of nitrogens with zero attached hydrogens (tertiary/aromatic N) is 4. The highest BCUT2D eigenvalue weighted by Crippen LogP contribution is 2.18. The Morgan fingerprint density at radius 3 is 2.33 bits per heavy atom. The van der Waals surface area contributed by atoms with Crippen LogP contribution in [0, 0.1) is 0 Å². The van der Waals surface area contributed by atoms with Gasteiger partial charge in [-0.2, -0.15) is 15.0 Å². The monoisotopic (exact) mass is 251 g/mol. The minimum atomic E-state index is 0.271. The van der Waals surface area contributed by atoms with E-state index in [9.17, 15) is 0 Å². The first-order valence-electron chi connectivity index (χ1n) is 6.43. The van der Waals surface area contributed by atoms with Crippen LogP contribution in [0.5, 0.6) is 0 Å². The zero-order valence-electron chi connectivity index (χ0n) is 11.0. The van der Waals surface area contributed by atoms with Crippen LogP contribution in [0.15, 0.2) is 0 Å². The van der Waals surface area contributed by atoms with Gasteiger partial charge < -0.3 is 10.2 Å². The predicted molar refractivity (Wildman–Crippen MR) is 72.5 cm³/mol. The molecule has 1 aromatic heterocycles. The van der Waals surface area contributed by atoms with E-state index in [0.717, 1.165) is 13.1 Å². The number of piperidine rings is 1. The van der Waals surface area contributed by atoms with Crippen molar-refractivity contribution in [3.8, 4) is 0 Å². The molecule has 0 unspecified atom stereocenters. The summed E-state index contributed by atoms with van der Waals surface area (Å²) in [5, 5.41) is 3.17. The van der Waals surface area contributed by atoms with Crippen LogP contribution in [0.1, 0.15) is 33.1 Å². The van der Waals surface area contributed by atoms with Crippen LogP contribution in [0.25, 0.3) is 0 Å². The fraction of sp³-hybridized carbons (Fsp3) is 0.727. The number of hydrazine groups is 1. The summed E-state index contributed by atoms with van der Waals surface area (Å²) in [5.41, 5.74) is 2.49. The van der Waals surface area contributed by atoms with E-state index in [1.165, 1.54) is 19.3 Å². The fourth-order valence-corrected chi connectivity index (χ4v) is 1.99. The number of hydrogen-bond donors (Lipinski definition) is 3. The van der Waals surface area contributed by atoms with Gasteiger partial charge in [-0.05, 0) is 33.1 Å². The predicted octanol–water partition coefficient (Wildman–Crippen LogP) is 0.968. The van der Waals surface area contributed by atoms with Gasteiger partial charge in [0.05, 0.1) is 0 Å². The third-order valence-electron chi connectivity index (χ3n) is 2.81. The molecule has 0 spiro atoms. The highest BCUT2D eigenvalue weighted by atomic mass is 15.4. The minimum absolute atomic E-state index is 0.271. The van der Waals surface area contributed by atoms with Gasteiger partial charge in [-0.1, -0.05) is 0 Å². The first-order chi connectivity index (χ1) is 8.69. The van der Waals surface area contributed by atoms with Crippen molar-refractivity contribution in [2.45, 2.75) is 39.2 Å². The van der Waals surface area contributed by atoms with Gasteiger partial charge in [0.25, 0.3) is 0 Å². The molecule has 7 heteroatoms. The van der Waals surface area contributed by atoms with Crippen LogP contribution in [0.3, 0.4) is 0 Å². The second-order valence-corrected chi connectivity index (χ2v) is 4.77. The highest BCUT2D eigenvalue weighted by Gasteiger charge is 2.16. The van der Waals surface area contributed by atoms with Crippen molar-refractivity contribution in [1.82, 2.24) is 15.0 Å². The van der Waals surface area contributed by atoms with Gasteiger partial charge in [0.2, 0.25) is 17.8 Å². The van der Waals surface area contributed by atoms with E-state index in [4.69, 9.17) is 5.84 Å². The molecule has 7 nitrogen and oxygen atoms in total. The molecule has 18 heavy (non-hydrogen) atoms. The Hall–Kier alpha value is -1.63. The van der Waals surface area contributed by atoms with Gasteiger partial charge in [-0.3, -0.25) is 5.43 Å². The first kappa shape index (κ1) is 12.8. The number of nitrogens with two attached hydrogens (primary N) is 1. The van der Waals surface area contributed by atoms with Crippen molar-refractivity contribution in [3.05, 3.63) is 0 Å². The number of nitrogen functional groups attached to an aromatic ring is 1. The Morgan fingerprint density at radius 1 is 1.06 bits per heavy atom. The summed E-state index contributed by atoms with van der Waals surface area (Å²) in [4.78, 5) is 15.1. The molecule has 2 heterocycles. The Balaban J connectivity index is 2.22. The maximum Gasteiger partial charge on any atom is 0.243 e. The number of nitrogens with one attached hydrogen (secondary N) is 2. The molecule has 0 aliphatic carbocycles. The van der Waals surface area contributed by atoms with Crippen molar-refractivity contribution >= 4 is 17.8 Å². The number of aromatic nitrogens is 3. The lowest BCUT2D eigenvalue weighted by Gasteiger charge is -2.27. The first-order valence-corrected chi connectivity index (χ1v) is 6.43. The quantitative estimate of drug-likeness (QED) is 0.542. The molecule has 2 rings (SSSR count). The summed E-state index contributed by atoms with van der Waals surface area (Å²) < 4.78 is 0. The average molecular weight is 251 g/mol. The summed E-state index contributed by atoms with van der Waals surface area (Å²) in [6.45, 7) is 6.07. The number of anilines is 3. The Morgan fingerprint density at radius 2 is 1.72 bits per heavy atom. The van der Waals surface area contributed by atoms with Gasteiger partial charge in [0.1, 0.15) is 0 Å². The molecule has 0 aromatic carbocycles. The van der Waals surface area contributed by atoms with Gasteiger partial charge in [-0.25, -0.2) is 5.84 Å². The Kier molecular flexibility index (Phi) is 4.14. The lowest BCUT2D eigenvalue weighted by Crippen LogP contribution is -2.32. The van der Waals surface area contributed by atoms with E-state index in [1.54, 1.807) is 0 Å². The van der Waals surface area contributed by atoms with Crippen molar-refractivity contribution in [1.29, 1.82) is 0 Å². The van der Waals surface area contributed by atoms with Gasteiger partial charge in [0, 0.05) is 19.1 Å². The molecular weight excluding hydrogens is 230 g/mol. The molecule has 0 radical (unpaired) electrons.